The number of hydrogen-bond donors (Lipinski definition) is 1. The van der Waals surface area contributed by atoms with Crippen LogP contribution in [0, 0.1) is 6.92 Å². The second kappa shape index (κ2) is 6.28. The molecule has 0 bridgehead atoms. The number of aryl methyl sites for hydroxylation is 1. The minimum Gasteiger partial charge on any atom is -0.305 e. The fourth-order valence-corrected chi connectivity index (χ4v) is 3.25. The minimum atomic E-state index is 0.123. The van der Waals surface area contributed by atoms with Crippen LogP contribution in [-0.2, 0) is 0 Å². The van der Waals surface area contributed by atoms with Crippen molar-refractivity contribution in [3.63, 3.8) is 0 Å². The van der Waals surface area contributed by atoms with Crippen LogP contribution in [0.4, 0.5) is 0 Å². The smallest absolute Gasteiger partial charge is 0.0776 e. The van der Waals surface area contributed by atoms with Crippen LogP contribution in [0.5, 0.6) is 0 Å². The number of hydrogen-bond acceptors (Lipinski definition) is 5. The third-order valence-corrected chi connectivity index (χ3v) is 4.43. The number of benzene rings is 1. The Balaban J connectivity index is 2.12. The van der Waals surface area contributed by atoms with Gasteiger partial charge in [-0.2, -0.15) is 0 Å². The zero-order valence-corrected chi connectivity index (χ0v) is 13.0. The van der Waals surface area contributed by atoms with Gasteiger partial charge in [-0.3, -0.25) is 4.98 Å². The molecule has 0 radical (unpaired) electrons. The Morgan fingerprint density at radius 3 is 2.90 bits per heavy atom. The normalized spacial score (nSPS) is 12.7. The van der Waals surface area contributed by atoms with Crippen LogP contribution in [0.3, 0.4) is 0 Å². The van der Waals surface area contributed by atoms with Gasteiger partial charge in [0, 0.05) is 11.6 Å². The van der Waals surface area contributed by atoms with Gasteiger partial charge in [-0.25, -0.2) is 0 Å². The molecular formula is C16H18N4S. The first kappa shape index (κ1) is 14.1. The predicted molar refractivity (Wildman–Crippen MR) is 86.5 cm³/mol. The Hall–Kier alpha value is -1.85. The number of rotatable bonds is 5. The molecule has 0 amide bonds. The zero-order valence-electron chi connectivity index (χ0n) is 12.2. The number of aromatic nitrogens is 3. The fraction of sp³-hybridized carbons (Fsp3) is 0.312. The van der Waals surface area contributed by atoms with Gasteiger partial charge in [-0.05, 0) is 49.1 Å². The van der Waals surface area contributed by atoms with Crippen molar-refractivity contribution in [2.75, 3.05) is 6.54 Å². The maximum absolute atomic E-state index is 4.45. The molecule has 108 valence electrons. The molecule has 4 nitrogen and oxygen atoms in total. The van der Waals surface area contributed by atoms with Crippen LogP contribution in [0.25, 0.3) is 10.9 Å². The number of nitrogens with zero attached hydrogens (tertiary/aromatic N) is 3. The summed E-state index contributed by atoms with van der Waals surface area (Å²) in [6.45, 7) is 5.15. The molecular weight excluding hydrogens is 280 g/mol. The lowest BCUT2D eigenvalue weighted by Gasteiger charge is -2.19. The fourth-order valence-electron chi connectivity index (χ4n) is 2.51. The maximum Gasteiger partial charge on any atom is 0.0776 e. The number of fused-ring (bicyclic) bond motifs is 1. The summed E-state index contributed by atoms with van der Waals surface area (Å²) in [5, 5.41) is 8.97. The third kappa shape index (κ3) is 2.80. The van der Waals surface area contributed by atoms with E-state index in [1.54, 1.807) is 0 Å². The first-order chi connectivity index (χ1) is 10.3. The highest BCUT2D eigenvalue weighted by Crippen LogP contribution is 2.31. The zero-order chi connectivity index (χ0) is 14.7. The van der Waals surface area contributed by atoms with E-state index in [9.17, 15) is 0 Å². The van der Waals surface area contributed by atoms with Gasteiger partial charge < -0.3 is 5.32 Å². The van der Waals surface area contributed by atoms with E-state index in [4.69, 9.17) is 0 Å². The largest absolute Gasteiger partial charge is 0.305 e. The molecule has 3 rings (SSSR count). The quantitative estimate of drug-likeness (QED) is 0.783. The second-order valence-electron chi connectivity index (χ2n) is 5.03. The summed E-state index contributed by atoms with van der Waals surface area (Å²) in [4.78, 5) is 5.63. The van der Waals surface area contributed by atoms with E-state index in [2.05, 4.69) is 45.0 Å². The van der Waals surface area contributed by atoms with Gasteiger partial charge in [-0.1, -0.05) is 29.6 Å². The van der Waals surface area contributed by atoms with Gasteiger partial charge in [0.2, 0.25) is 0 Å². The third-order valence-electron chi connectivity index (χ3n) is 3.54. The lowest BCUT2D eigenvalue weighted by molar-refractivity contribution is 0.605. The average Bonchev–Trinajstić information content (AvgIpc) is 2.94. The molecule has 0 spiro atoms. The Morgan fingerprint density at radius 2 is 2.14 bits per heavy atom. The number of pyridine rings is 1. The van der Waals surface area contributed by atoms with Crippen LogP contribution in [0.2, 0.25) is 0 Å². The Labute approximate surface area is 128 Å². The molecule has 3 aromatic rings. The van der Waals surface area contributed by atoms with E-state index < -0.39 is 0 Å². The predicted octanol–water partition coefficient (Wildman–Crippen LogP) is 3.48. The van der Waals surface area contributed by atoms with Crippen molar-refractivity contribution in [3.8, 4) is 0 Å². The molecule has 1 N–H and O–H groups in total. The highest BCUT2D eigenvalue weighted by molar-refractivity contribution is 7.05. The summed E-state index contributed by atoms with van der Waals surface area (Å²) in [5.41, 5.74) is 3.26. The molecule has 0 saturated carbocycles. The first-order valence-corrected chi connectivity index (χ1v) is 7.94. The van der Waals surface area contributed by atoms with Crippen molar-refractivity contribution in [2.45, 2.75) is 26.3 Å². The summed E-state index contributed by atoms with van der Waals surface area (Å²) < 4.78 is 4.09. The summed E-state index contributed by atoms with van der Waals surface area (Å²) in [5.74, 6) is 0. The molecule has 1 unspecified atom stereocenters. The van der Waals surface area contributed by atoms with Gasteiger partial charge in [0.1, 0.15) is 0 Å². The molecule has 5 heteroatoms. The van der Waals surface area contributed by atoms with Crippen LogP contribution >= 0.6 is 11.5 Å². The first-order valence-electron chi connectivity index (χ1n) is 7.17. The average molecular weight is 298 g/mol. The SMILES string of the molecule is CCCNC(c1snnc1C)c1cccc2ncccc12. The van der Waals surface area contributed by atoms with E-state index in [1.807, 2.05) is 25.3 Å². The standard InChI is InChI=1S/C16H18N4S/c1-3-9-18-15(16-11(2)19-20-21-16)13-6-4-8-14-12(13)7-5-10-17-14/h4-8,10,15,18H,3,9H2,1-2H3. The minimum absolute atomic E-state index is 0.123. The number of nitrogens with one attached hydrogen (secondary N) is 1. The van der Waals surface area contributed by atoms with Crippen LogP contribution in [0.15, 0.2) is 36.5 Å². The molecule has 21 heavy (non-hydrogen) atoms. The van der Waals surface area contributed by atoms with E-state index in [0.717, 1.165) is 24.2 Å². The van der Waals surface area contributed by atoms with Crippen molar-refractivity contribution in [3.05, 3.63) is 52.7 Å². The Kier molecular flexibility index (Phi) is 4.22. The van der Waals surface area contributed by atoms with Crippen molar-refractivity contribution in [2.24, 2.45) is 0 Å². The van der Waals surface area contributed by atoms with Gasteiger partial charge in [0.05, 0.1) is 22.1 Å². The lowest BCUT2D eigenvalue weighted by atomic mass is 9.99. The van der Waals surface area contributed by atoms with Crippen molar-refractivity contribution >= 4 is 22.4 Å². The summed E-state index contributed by atoms with van der Waals surface area (Å²) in [6, 6.07) is 10.5. The van der Waals surface area contributed by atoms with Crippen molar-refractivity contribution in [1.29, 1.82) is 0 Å². The van der Waals surface area contributed by atoms with Crippen molar-refractivity contribution < 1.29 is 0 Å². The van der Waals surface area contributed by atoms with Gasteiger partial charge in [-0.15, -0.1) is 5.10 Å². The second-order valence-corrected chi connectivity index (χ2v) is 5.81. The monoisotopic (exact) mass is 298 g/mol. The molecule has 2 heterocycles. The van der Waals surface area contributed by atoms with E-state index in [1.165, 1.54) is 27.4 Å². The van der Waals surface area contributed by atoms with E-state index >= 15 is 0 Å². The molecule has 0 aliphatic carbocycles. The molecule has 2 aromatic heterocycles. The summed E-state index contributed by atoms with van der Waals surface area (Å²) in [7, 11) is 0. The van der Waals surface area contributed by atoms with Crippen LogP contribution in [-0.4, -0.2) is 21.1 Å². The molecule has 0 aliphatic heterocycles. The summed E-state index contributed by atoms with van der Waals surface area (Å²) >= 11 is 1.47. The summed E-state index contributed by atoms with van der Waals surface area (Å²) in [6.07, 6.45) is 2.92. The molecule has 0 fully saturated rings. The maximum atomic E-state index is 4.45. The van der Waals surface area contributed by atoms with Crippen molar-refractivity contribution in [1.82, 2.24) is 19.9 Å². The van der Waals surface area contributed by atoms with Gasteiger partial charge in [0.15, 0.2) is 0 Å². The van der Waals surface area contributed by atoms with Gasteiger partial charge in [0.25, 0.3) is 0 Å². The van der Waals surface area contributed by atoms with E-state index in [-0.39, 0.29) is 6.04 Å². The topological polar surface area (TPSA) is 50.7 Å². The molecule has 0 aliphatic rings. The lowest BCUT2D eigenvalue weighted by Crippen LogP contribution is -2.23. The van der Waals surface area contributed by atoms with Crippen LogP contribution in [0.1, 0.15) is 35.5 Å². The Morgan fingerprint density at radius 1 is 1.24 bits per heavy atom. The Bertz CT molecular complexity index is 732. The molecule has 0 saturated heterocycles. The highest BCUT2D eigenvalue weighted by Gasteiger charge is 2.20. The van der Waals surface area contributed by atoms with Crippen LogP contribution < -0.4 is 5.32 Å². The molecule has 1 atom stereocenters. The van der Waals surface area contributed by atoms with Gasteiger partial charge >= 0.3 is 0 Å². The molecule has 1 aromatic carbocycles. The van der Waals surface area contributed by atoms with E-state index in [0.29, 0.717) is 0 Å². The highest BCUT2D eigenvalue weighted by atomic mass is 32.1.